The minimum Gasteiger partial charge on any atom is -0.496 e. The number of rotatable bonds is 4. The fourth-order valence-electron chi connectivity index (χ4n) is 3.79. The molecule has 2 aliphatic heterocycles. The van der Waals surface area contributed by atoms with Crippen molar-refractivity contribution in [3.8, 4) is 5.75 Å². The summed E-state index contributed by atoms with van der Waals surface area (Å²) < 4.78 is 32.4. The number of carbonyl (C=O) groups excluding carboxylic acids is 1. The molecular formula is C20H22N2O4S. The number of amides is 1. The maximum Gasteiger partial charge on any atom is 0.262 e. The SMILES string of the molecule is COc1ccccc1C(=O)N1CCc2cc(S(=O)(=O)N3CCCC3)ccc21. The molecule has 0 aliphatic carbocycles. The van der Waals surface area contributed by atoms with Crippen LogP contribution in [0.15, 0.2) is 47.4 Å². The van der Waals surface area contributed by atoms with E-state index < -0.39 is 10.0 Å². The van der Waals surface area contributed by atoms with E-state index in [2.05, 4.69) is 0 Å². The van der Waals surface area contributed by atoms with Crippen LogP contribution in [0.5, 0.6) is 5.75 Å². The zero-order valence-electron chi connectivity index (χ0n) is 15.2. The minimum absolute atomic E-state index is 0.138. The topological polar surface area (TPSA) is 66.9 Å². The van der Waals surface area contributed by atoms with E-state index in [0.29, 0.717) is 42.3 Å². The highest BCUT2D eigenvalue weighted by molar-refractivity contribution is 7.89. The summed E-state index contributed by atoms with van der Waals surface area (Å²) in [6.07, 6.45) is 2.45. The zero-order valence-corrected chi connectivity index (χ0v) is 16.0. The van der Waals surface area contributed by atoms with Gasteiger partial charge in [0, 0.05) is 25.3 Å². The summed E-state index contributed by atoms with van der Waals surface area (Å²) >= 11 is 0. The van der Waals surface area contributed by atoms with E-state index in [1.807, 2.05) is 6.07 Å². The number of fused-ring (bicyclic) bond motifs is 1. The van der Waals surface area contributed by atoms with E-state index in [1.165, 1.54) is 0 Å². The van der Waals surface area contributed by atoms with Crippen LogP contribution in [0, 0.1) is 0 Å². The third kappa shape index (κ3) is 3.11. The second kappa shape index (κ2) is 6.98. The molecule has 1 saturated heterocycles. The molecule has 1 amide bonds. The second-order valence-corrected chi connectivity index (χ2v) is 8.75. The highest BCUT2D eigenvalue weighted by atomic mass is 32.2. The largest absolute Gasteiger partial charge is 0.496 e. The molecule has 0 atom stereocenters. The Morgan fingerprint density at radius 2 is 1.78 bits per heavy atom. The minimum atomic E-state index is -3.45. The van der Waals surface area contributed by atoms with Crippen molar-refractivity contribution in [3.63, 3.8) is 0 Å². The monoisotopic (exact) mass is 386 g/mol. The molecule has 0 spiro atoms. The van der Waals surface area contributed by atoms with Gasteiger partial charge in [-0.3, -0.25) is 4.79 Å². The molecule has 0 radical (unpaired) electrons. The van der Waals surface area contributed by atoms with Crippen molar-refractivity contribution in [2.75, 3.05) is 31.6 Å². The number of hydrogen-bond acceptors (Lipinski definition) is 4. The Labute approximate surface area is 159 Å². The maximum absolute atomic E-state index is 13.0. The summed E-state index contributed by atoms with van der Waals surface area (Å²) in [4.78, 5) is 15.0. The molecule has 0 N–H and O–H groups in total. The Kier molecular flexibility index (Phi) is 4.65. The standard InChI is InChI=1S/C20H22N2O4S/c1-26-19-7-3-2-6-17(19)20(23)22-13-10-15-14-16(8-9-18(15)22)27(24,25)21-11-4-5-12-21/h2-3,6-9,14H,4-5,10-13H2,1H3. The quantitative estimate of drug-likeness (QED) is 0.810. The first-order valence-corrected chi connectivity index (χ1v) is 10.5. The van der Waals surface area contributed by atoms with E-state index in [-0.39, 0.29) is 5.91 Å². The zero-order chi connectivity index (χ0) is 19.0. The lowest BCUT2D eigenvalue weighted by atomic mass is 10.1. The van der Waals surface area contributed by atoms with E-state index in [1.54, 1.807) is 52.7 Å². The lowest BCUT2D eigenvalue weighted by Crippen LogP contribution is -2.29. The first kappa shape index (κ1) is 18.0. The molecule has 2 aromatic rings. The molecule has 27 heavy (non-hydrogen) atoms. The average Bonchev–Trinajstić information content (AvgIpc) is 3.37. The summed E-state index contributed by atoms with van der Waals surface area (Å²) in [7, 11) is -1.91. The third-order valence-corrected chi connectivity index (χ3v) is 7.13. The Bertz CT molecular complexity index is 981. The number of nitrogens with zero attached hydrogens (tertiary/aromatic N) is 2. The van der Waals surface area contributed by atoms with E-state index in [0.717, 1.165) is 24.1 Å². The summed E-state index contributed by atoms with van der Waals surface area (Å²) in [6, 6.07) is 12.2. The Hall–Kier alpha value is -2.38. The van der Waals surface area contributed by atoms with Crippen molar-refractivity contribution in [1.29, 1.82) is 0 Å². The molecule has 142 valence electrons. The maximum atomic E-state index is 13.0. The van der Waals surface area contributed by atoms with Crippen LogP contribution in [0.3, 0.4) is 0 Å². The van der Waals surface area contributed by atoms with Gasteiger partial charge in [-0.2, -0.15) is 4.31 Å². The summed E-state index contributed by atoms with van der Waals surface area (Å²) in [6.45, 7) is 1.69. The summed E-state index contributed by atoms with van der Waals surface area (Å²) in [5.74, 6) is 0.394. The van der Waals surface area contributed by atoms with Gasteiger partial charge in [-0.25, -0.2) is 8.42 Å². The van der Waals surface area contributed by atoms with Crippen molar-refractivity contribution in [3.05, 3.63) is 53.6 Å². The molecule has 2 aliphatic rings. The average molecular weight is 386 g/mol. The molecule has 6 nitrogen and oxygen atoms in total. The van der Waals surface area contributed by atoms with Gasteiger partial charge in [-0.05, 0) is 55.2 Å². The highest BCUT2D eigenvalue weighted by Gasteiger charge is 2.31. The third-order valence-electron chi connectivity index (χ3n) is 5.23. The van der Waals surface area contributed by atoms with Crippen molar-refractivity contribution in [1.82, 2.24) is 4.31 Å². The van der Waals surface area contributed by atoms with Crippen LogP contribution < -0.4 is 9.64 Å². The van der Waals surface area contributed by atoms with Crippen molar-refractivity contribution in [2.45, 2.75) is 24.2 Å². The highest BCUT2D eigenvalue weighted by Crippen LogP contribution is 2.34. The number of anilines is 1. The molecule has 2 aromatic carbocycles. The van der Waals surface area contributed by atoms with Crippen LogP contribution >= 0.6 is 0 Å². The van der Waals surface area contributed by atoms with Crippen molar-refractivity contribution in [2.24, 2.45) is 0 Å². The van der Waals surface area contributed by atoms with Crippen molar-refractivity contribution >= 4 is 21.6 Å². The molecule has 0 saturated carbocycles. The first-order valence-electron chi connectivity index (χ1n) is 9.10. The number of benzene rings is 2. The van der Waals surface area contributed by atoms with E-state index >= 15 is 0 Å². The number of carbonyl (C=O) groups is 1. The second-order valence-electron chi connectivity index (χ2n) is 6.81. The van der Waals surface area contributed by atoms with Gasteiger partial charge in [0.05, 0.1) is 17.6 Å². The Morgan fingerprint density at radius 3 is 2.52 bits per heavy atom. The van der Waals surface area contributed by atoms with Crippen LogP contribution in [-0.4, -0.2) is 45.4 Å². The molecule has 2 heterocycles. The number of sulfonamides is 1. The smallest absolute Gasteiger partial charge is 0.262 e. The first-order chi connectivity index (χ1) is 13.0. The molecule has 0 unspecified atom stereocenters. The fraction of sp³-hybridized carbons (Fsp3) is 0.350. The van der Waals surface area contributed by atoms with Crippen LogP contribution in [0.1, 0.15) is 28.8 Å². The Morgan fingerprint density at radius 1 is 1.04 bits per heavy atom. The van der Waals surface area contributed by atoms with E-state index in [4.69, 9.17) is 4.74 Å². The fourth-order valence-corrected chi connectivity index (χ4v) is 5.36. The van der Waals surface area contributed by atoms with Crippen LogP contribution in [0.2, 0.25) is 0 Å². The molecular weight excluding hydrogens is 364 g/mol. The molecule has 7 heteroatoms. The normalized spacial score (nSPS) is 17.1. The van der Waals surface area contributed by atoms with Crippen LogP contribution in [0.4, 0.5) is 5.69 Å². The lowest BCUT2D eigenvalue weighted by molar-refractivity contribution is 0.0986. The Balaban J connectivity index is 1.64. The predicted octanol–water partition coefficient (Wildman–Crippen LogP) is 2.68. The van der Waals surface area contributed by atoms with Gasteiger partial charge in [0.25, 0.3) is 5.91 Å². The number of hydrogen-bond donors (Lipinski definition) is 0. The van der Waals surface area contributed by atoms with Gasteiger partial charge in [0.2, 0.25) is 10.0 Å². The lowest BCUT2D eigenvalue weighted by Gasteiger charge is -2.20. The molecule has 1 fully saturated rings. The number of para-hydroxylation sites is 1. The number of ether oxygens (including phenoxy) is 1. The molecule has 0 bridgehead atoms. The van der Waals surface area contributed by atoms with Gasteiger partial charge in [-0.1, -0.05) is 12.1 Å². The molecule has 4 rings (SSSR count). The number of methoxy groups -OCH3 is 1. The van der Waals surface area contributed by atoms with Crippen LogP contribution in [0.25, 0.3) is 0 Å². The van der Waals surface area contributed by atoms with Crippen molar-refractivity contribution < 1.29 is 17.9 Å². The van der Waals surface area contributed by atoms with E-state index in [9.17, 15) is 13.2 Å². The summed E-state index contributed by atoms with van der Waals surface area (Å²) in [5, 5.41) is 0. The summed E-state index contributed by atoms with van der Waals surface area (Å²) in [5.41, 5.74) is 2.16. The van der Waals surface area contributed by atoms with Gasteiger partial charge < -0.3 is 9.64 Å². The molecule has 0 aromatic heterocycles. The van der Waals surface area contributed by atoms with Gasteiger partial charge in [0.1, 0.15) is 5.75 Å². The van der Waals surface area contributed by atoms with Gasteiger partial charge in [-0.15, -0.1) is 0 Å². The predicted molar refractivity (Wildman–Crippen MR) is 103 cm³/mol. The van der Waals surface area contributed by atoms with Gasteiger partial charge >= 0.3 is 0 Å². The van der Waals surface area contributed by atoms with Gasteiger partial charge in [0.15, 0.2) is 0 Å². The van der Waals surface area contributed by atoms with Crippen LogP contribution in [-0.2, 0) is 16.4 Å².